The second-order valence-electron chi connectivity index (χ2n) is 7.42. The molecular weight excluding hydrogens is 360 g/mol. The molecule has 0 saturated carbocycles. The van der Waals surface area contributed by atoms with Crippen molar-refractivity contribution in [2.75, 3.05) is 13.2 Å². The lowest BCUT2D eigenvalue weighted by Crippen LogP contribution is -2.07. The molecule has 0 amide bonds. The lowest BCUT2D eigenvalue weighted by molar-refractivity contribution is 0.279. The molecule has 2 heterocycles. The van der Waals surface area contributed by atoms with Gasteiger partial charge in [-0.3, -0.25) is 4.98 Å². The Morgan fingerprint density at radius 1 is 1.17 bits per heavy atom. The Bertz CT molecular complexity index is 843. The van der Waals surface area contributed by atoms with E-state index in [9.17, 15) is 5.11 Å². The van der Waals surface area contributed by atoms with E-state index < -0.39 is 0 Å². The first kappa shape index (κ1) is 23.1. The normalized spacial score (nSPS) is 12.9. The molecule has 2 rings (SSSR count). The third-order valence-corrected chi connectivity index (χ3v) is 5.45. The topological polar surface area (TPSA) is 55.2 Å². The molecule has 0 aliphatic carbocycles. The quantitative estimate of drug-likeness (QED) is 0.552. The molecule has 0 spiro atoms. The second kappa shape index (κ2) is 11.1. The van der Waals surface area contributed by atoms with Crippen LogP contribution >= 0.6 is 0 Å². The van der Waals surface area contributed by atoms with Crippen LogP contribution < -0.4 is 4.74 Å². The van der Waals surface area contributed by atoms with E-state index in [1.807, 2.05) is 13.0 Å². The fourth-order valence-corrected chi connectivity index (χ4v) is 3.89. The predicted molar refractivity (Wildman–Crippen MR) is 121 cm³/mol. The van der Waals surface area contributed by atoms with Gasteiger partial charge in [0.2, 0.25) is 5.88 Å². The molecular formula is C25H36N2O2. The number of allylic oxidation sites excluding steroid dienone is 2. The minimum Gasteiger partial charge on any atom is -0.478 e. The molecule has 0 fully saturated rings. The summed E-state index contributed by atoms with van der Waals surface area (Å²) >= 11 is 0. The first-order chi connectivity index (χ1) is 14.0. The van der Waals surface area contributed by atoms with Gasteiger partial charge in [-0.1, -0.05) is 26.8 Å². The van der Waals surface area contributed by atoms with Gasteiger partial charge in [0.05, 0.1) is 18.0 Å². The maximum absolute atomic E-state index is 9.20. The molecule has 1 N–H and O–H groups in total. The maximum Gasteiger partial charge on any atom is 0.213 e. The van der Waals surface area contributed by atoms with Crippen molar-refractivity contribution in [3.63, 3.8) is 0 Å². The lowest BCUT2D eigenvalue weighted by atomic mass is 9.87. The average Bonchev–Trinajstić information content (AvgIpc) is 2.73. The molecule has 29 heavy (non-hydrogen) atoms. The molecule has 1 atom stereocenters. The number of nitrogens with zero attached hydrogens (tertiary/aromatic N) is 2. The van der Waals surface area contributed by atoms with Crippen molar-refractivity contribution in [1.82, 2.24) is 9.97 Å². The highest BCUT2D eigenvalue weighted by Crippen LogP contribution is 2.34. The van der Waals surface area contributed by atoms with Crippen LogP contribution in [0.25, 0.3) is 16.8 Å². The van der Waals surface area contributed by atoms with E-state index in [1.165, 1.54) is 16.7 Å². The van der Waals surface area contributed by atoms with E-state index >= 15 is 0 Å². The summed E-state index contributed by atoms with van der Waals surface area (Å²) in [6.07, 6.45) is 5.73. The van der Waals surface area contributed by atoms with Gasteiger partial charge in [-0.2, -0.15) is 0 Å². The molecule has 4 nitrogen and oxygen atoms in total. The van der Waals surface area contributed by atoms with Crippen molar-refractivity contribution in [3.8, 4) is 17.1 Å². The Hall–Kier alpha value is -2.20. The Kier molecular flexibility index (Phi) is 8.84. The van der Waals surface area contributed by atoms with Gasteiger partial charge in [-0.25, -0.2) is 4.98 Å². The molecule has 158 valence electrons. The maximum atomic E-state index is 9.20. The number of ether oxygens (including phenoxy) is 1. The number of aliphatic hydroxyl groups excluding tert-OH is 1. The van der Waals surface area contributed by atoms with E-state index in [-0.39, 0.29) is 6.61 Å². The number of pyridine rings is 2. The highest BCUT2D eigenvalue weighted by Gasteiger charge is 2.18. The molecule has 0 bridgehead atoms. The van der Waals surface area contributed by atoms with Gasteiger partial charge in [0.25, 0.3) is 0 Å². The molecule has 0 saturated heterocycles. The van der Waals surface area contributed by atoms with Crippen molar-refractivity contribution in [3.05, 3.63) is 46.8 Å². The molecule has 0 unspecified atom stereocenters. The van der Waals surface area contributed by atoms with Crippen LogP contribution in [0.3, 0.4) is 0 Å². The molecule has 0 radical (unpaired) electrons. The monoisotopic (exact) mass is 396 g/mol. The van der Waals surface area contributed by atoms with Crippen LogP contribution in [-0.4, -0.2) is 28.3 Å². The zero-order valence-corrected chi connectivity index (χ0v) is 18.9. The number of rotatable bonds is 10. The summed E-state index contributed by atoms with van der Waals surface area (Å²) in [4.78, 5) is 9.76. The highest BCUT2D eigenvalue weighted by molar-refractivity contribution is 5.74. The summed E-state index contributed by atoms with van der Waals surface area (Å²) in [6, 6.07) is 6.34. The van der Waals surface area contributed by atoms with Crippen LogP contribution in [0, 0.1) is 12.8 Å². The summed E-state index contributed by atoms with van der Waals surface area (Å²) in [5.41, 5.74) is 7.95. The molecule has 2 aromatic rings. The van der Waals surface area contributed by atoms with Gasteiger partial charge in [0.15, 0.2) is 0 Å². The lowest BCUT2D eigenvalue weighted by Gasteiger charge is -2.20. The van der Waals surface area contributed by atoms with Crippen LogP contribution in [0.1, 0.15) is 70.0 Å². The third kappa shape index (κ3) is 5.45. The number of aliphatic hydroxyl groups is 1. The number of hydrogen-bond acceptors (Lipinski definition) is 4. The Labute approximate surface area is 176 Å². The highest BCUT2D eigenvalue weighted by atomic mass is 16.5. The number of aryl methyl sites for hydroxylation is 3. The summed E-state index contributed by atoms with van der Waals surface area (Å²) in [5, 5.41) is 9.20. The van der Waals surface area contributed by atoms with Crippen molar-refractivity contribution >= 4 is 5.57 Å². The first-order valence-corrected chi connectivity index (χ1v) is 10.9. The molecule has 4 heteroatoms. The zero-order chi connectivity index (χ0) is 21.4. The summed E-state index contributed by atoms with van der Waals surface area (Å²) in [5.74, 6) is 1.06. The number of aromatic nitrogens is 2. The first-order valence-electron chi connectivity index (χ1n) is 10.9. The van der Waals surface area contributed by atoms with Gasteiger partial charge in [0, 0.05) is 23.9 Å². The van der Waals surface area contributed by atoms with E-state index in [2.05, 4.69) is 52.8 Å². The van der Waals surface area contributed by atoms with Crippen molar-refractivity contribution in [2.24, 2.45) is 5.92 Å². The van der Waals surface area contributed by atoms with Crippen LogP contribution in [0.4, 0.5) is 0 Å². The van der Waals surface area contributed by atoms with Crippen LogP contribution in [0.2, 0.25) is 0 Å². The van der Waals surface area contributed by atoms with E-state index in [0.717, 1.165) is 48.3 Å². The van der Waals surface area contributed by atoms with Crippen molar-refractivity contribution in [2.45, 2.75) is 67.2 Å². The van der Waals surface area contributed by atoms with E-state index in [4.69, 9.17) is 14.7 Å². The Morgan fingerprint density at radius 3 is 2.52 bits per heavy atom. The molecule has 0 aromatic carbocycles. The fourth-order valence-electron chi connectivity index (χ4n) is 3.89. The second-order valence-corrected chi connectivity index (χ2v) is 7.42. The number of hydrogen-bond donors (Lipinski definition) is 1. The molecule has 2 aromatic heterocycles. The van der Waals surface area contributed by atoms with E-state index in [0.29, 0.717) is 18.4 Å². The molecule has 0 aliphatic rings. The molecule has 0 aliphatic heterocycles. The third-order valence-electron chi connectivity index (χ3n) is 5.45. The summed E-state index contributed by atoms with van der Waals surface area (Å²) < 4.78 is 5.59. The Balaban J connectivity index is 2.53. The zero-order valence-electron chi connectivity index (χ0n) is 18.9. The minimum absolute atomic E-state index is 0.238. The van der Waals surface area contributed by atoms with Crippen molar-refractivity contribution in [1.29, 1.82) is 0 Å². The Morgan fingerprint density at radius 2 is 1.93 bits per heavy atom. The fraction of sp³-hybridized carbons (Fsp3) is 0.520. The predicted octanol–water partition coefficient (Wildman–Crippen LogP) is 5.79. The smallest absolute Gasteiger partial charge is 0.213 e. The van der Waals surface area contributed by atoms with Crippen LogP contribution in [0.5, 0.6) is 5.88 Å². The SMILES string of the molecule is C/C=C(\c1cc(CC)c(-c2ccc(OCC)nc2CC)nc1C)[C@H](C)CCCO. The minimum atomic E-state index is 0.238. The van der Waals surface area contributed by atoms with Gasteiger partial charge < -0.3 is 9.84 Å². The van der Waals surface area contributed by atoms with Gasteiger partial charge in [-0.05, 0) is 81.2 Å². The van der Waals surface area contributed by atoms with Crippen LogP contribution in [0.15, 0.2) is 24.3 Å². The van der Waals surface area contributed by atoms with Crippen LogP contribution in [-0.2, 0) is 12.8 Å². The van der Waals surface area contributed by atoms with E-state index in [1.54, 1.807) is 0 Å². The standard InChI is InChI=1S/C25H36N2O2/c1-7-19-16-22(20(8-2)17(5)12-11-15-28)18(6)26-25(19)21-13-14-24(29-10-4)27-23(21)9-3/h8,13-14,16-17,28H,7,9-12,15H2,1-6H3/b20-8-/t17-/m1/s1. The van der Waals surface area contributed by atoms with Gasteiger partial charge >= 0.3 is 0 Å². The van der Waals surface area contributed by atoms with Gasteiger partial charge in [0.1, 0.15) is 0 Å². The summed E-state index contributed by atoms with van der Waals surface area (Å²) in [7, 11) is 0. The average molecular weight is 397 g/mol. The van der Waals surface area contributed by atoms with Gasteiger partial charge in [-0.15, -0.1) is 0 Å². The van der Waals surface area contributed by atoms with Crippen molar-refractivity contribution < 1.29 is 9.84 Å². The largest absolute Gasteiger partial charge is 0.478 e. The summed E-state index contributed by atoms with van der Waals surface area (Å²) in [6.45, 7) is 13.5.